The molecule has 0 saturated heterocycles. The van der Waals surface area contributed by atoms with E-state index in [9.17, 15) is 4.79 Å². The topological polar surface area (TPSA) is 64.8 Å². The van der Waals surface area contributed by atoms with Gasteiger partial charge < -0.3 is 20.1 Å². The maximum Gasteiger partial charge on any atom is 0.260 e. The van der Waals surface area contributed by atoms with Crippen molar-refractivity contribution in [3.05, 3.63) is 30.3 Å². The fourth-order valence-corrected chi connectivity index (χ4v) is 1.65. The van der Waals surface area contributed by atoms with Gasteiger partial charge >= 0.3 is 0 Å². The van der Waals surface area contributed by atoms with Gasteiger partial charge in [-0.3, -0.25) is 4.79 Å². The number of benzene rings is 1. The molecule has 0 heterocycles. The Labute approximate surface area is 124 Å². The van der Waals surface area contributed by atoms with E-state index < -0.39 is 0 Å². The van der Waals surface area contributed by atoms with Gasteiger partial charge in [-0.1, -0.05) is 30.4 Å². The number of hydrogen-bond donors (Lipinski definition) is 1. The number of amides is 1. The Morgan fingerprint density at radius 2 is 2.00 bits per heavy atom. The molecule has 2 N–H and O–H groups in total. The fourth-order valence-electron chi connectivity index (χ4n) is 1.56. The van der Waals surface area contributed by atoms with Crippen LogP contribution in [-0.4, -0.2) is 49.2 Å². The number of nitrogens with two attached hydrogens (primary N) is 1. The Bertz CT molecular complexity index is 426. The lowest BCUT2D eigenvalue weighted by Gasteiger charge is -2.22. The standard InChI is InChI=1S/C14H20N2O3S/c1-18-10-9-16(8-7-13(15)20)14(17)11-19-12-5-3-2-4-6-12/h2-6H,7-11H2,1H3,(H2,15,20). The average Bonchev–Trinajstić information content (AvgIpc) is 2.45. The first kappa shape index (κ1) is 16.4. The lowest BCUT2D eigenvalue weighted by atomic mass is 10.3. The largest absolute Gasteiger partial charge is 0.484 e. The van der Waals surface area contributed by atoms with Crippen molar-refractivity contribution in [1.29, 1.82) is 0 Å². The van der Waals surface area contributed by atoms with Gasteiger partial charge in [0.25, 0.3) is 5.91 Å². The summed E-state index contributed by atoms with van der Waals surface area (Å²) in [6.07, 6.45) is 0.496. The molecule has 0 aliphatic carbocycles. The molecule has 0 aromatic heterocycles. The minimum atomic E-state index is -0.109. The van der Waals surface area contributed by atoms with Gasteiger partial charge in [0.05, 0.1) is 11.6 Å². The maximum atomic E-state index is 12.1. The zero-order valence-electron chi connectivity index (χ0n) is 11.6. The van der Waals surface area contributed by atoms with Crippen LogP contribution in [0.1, 0.15) is 6.42 Å². The van der Waals surface area contributed by atoms with Crippen molar-refractivity contribution in [1.82, 2.24) is 4.90 Å². The molecule has 0 unspecified atom stereocenters. The van der Waals surface area contributed by atoms with E-state index in [1.807, 2.05) is 30.3 Å². The van der Waals surface area contributed by atoms with Crippen LogP contribution in [0.15, 0.2) is 30.3 Å². The van der Waals surface area contributed by atoms with Gasteiger partial charge in [-0.15, -0.1) is 0 Å². The number of rotatable bonds is 9. The summed E-state index contributed by atoms with van der Waals surface area (Å²) in [7, 11) is 1.59. The van der Waals surface area contributed by atoms with Crippen LogP contribution in [0.5, 0.6) is 5.75 Å². The molecule has 0 radical (unpaired) electrons. The molecule has 0 bridgehead atoms. The van der Waals surface area contributed by atoms with Crippen LogP contribution in [-0.2, 0) is 9.53 Å². The van der Waals surface area contributed by atoms with Crippen LogP contribution < -0.4 is 10.5 Å². The first-order valence-electron chi connectivity index (χ1n) is 6.36. The molecule has 20 heavy (non-hydrogen) atoms. The molecule has 0 aliphatic rings. The number of thiocarbonyl (C=S) groups is 1. The van der Waals surface area contributed by atoms with Crippen LogP contribution in [0.3, 0.4) is 0 Å². The molecule has 0 atom stereocenters. The van der Waals surface area contributed by atoms with Gasteiger partial charge in [0.15, 0.2) is 6.61 Å². The summed E-state index contributed by atoms with van der Waals surface area (Å²) in [6, 6.07) is 9.22. The summed E-state index contributed by atoms with van der Waals surface area (Å²) in [5.41, 5.74) is 5.47. The van der Waals surface area contributed by atoms with E-state index in [1.54, 1.807) is 12.0 Å². The van der Waals surface area contributed by atoms with E-state index in [4.69, 9.17) is 27.4 Å². The highest BCUT2D eigenvalue weighted by Crippen LogP contribution is 2.08. The van der Waals surface area contributed by atoms with Crippen molar-refractivity contribution >= 4 is 23.1 Å². The maximum absolute atomic E-state index is 12.1. The van der Waals surface area contributed by atoms with Crippen LogP contribution >= 0.6 is 12.2 Å². The quantitative estimate of drug-likeness (QED) is 0.694. The first-order chi connectivity index (χ1) is 9.63. The lowest BCUT2D eigenvalue weighted by Crippen LogP contribution is -2.39. The van der Waals surface area contributed by atoms with E-state index in [-0.39, 0.29) is 12.5 Å². The van der Waals surface area contributed by atoms with Gasteiger partial charge in [-0.05, 0) is 12.1 Å². The van der Waals surface area contributed by atoms with Gasteiger partial charge in [0.1, 0.15) is 5.75 Å². The molecular formula is C14H20N2O3S. The summed E-state index contributed by atoms with van der Waals surface area (Å²) < 4.78 is 10.4. The number of carbonyl (C=O) groups excluding carboxylic acids is 1. The predicted octanol–water partition coefficient (Wildman–Crippen LogP) is 1.22. The highest BCUT2D eigenvalue weighted by molar-refractivity contribution is 7.80. The second-order valence-corrected chi connectivity index (χ2v) is 4.72. The van der Waals surface area contributed by atoms with Crippen LogP contribution in [0.25, 0.3) is 0 Å². The Hall–Kier alpha value is -1.66. The van der Waals surface area contributed by atoms with Gasteiger partial charge in [0.2, 0.25) is 0 Å². The third-order valence-corrected chi connectivity index (χ3v) is 2.86. The van der Waals surface area contributed by atoms with Crippen molar-refractivity contribution in [2.75, 3.05) is 33.4 Å². The summed E-state index contributed by atoms with van der Waals surface area (Å²) in [5.74, 6) is 0.559. The SMILES string of the molecule is COCCN(CCC(N)=S)C(=O)COc1ccccc1. The average molecular weight is 296 g/mol. The molecule has 5 nitrogen and oxygen atoms in total. The monoisotopic (exact) mass is 296 g/mol. The van der Waals surface area contributed by atoms with E-state index in [0.29, 0.717) is 36.9 Å². The molecule has 1 aromatic rings. The van der Waals surface area contributed by atoms with E-state index in [1.165, 1.54) is 0 Å². The Morgan fingerprint density at radius 3 is 2.60 bits per heavy atom. The van der Waals surface area contributed by atoms with Crippen molar-refractivity contribution in [3.63, 3.8) is 0 Å². The van der Waals surface area contributed by atoms with Crippen molar-refractivity contribution < 1.29 is 14.3 Å². The molecular weight excluding hydrogens is 276 g/mol. The summed E-state index contributed by atoms with van der Waals surface area (Å²) >= 11 is 4.83. The minimum absolute atomic E-state index is 0.00887. The molecule has 0 spiro atoms. The highest BCUT2D eigenvalue weighted by Gasteiger charge is 2.14. The van der Waals surface area contributed by atoms with Crippen molar-refractivity contribution in [2.45, 2.75) is 6.42 Å². The fraction of sp³-hybridized carbons (Fsp3) is 0.429. The number of ether oxygens (including phenoxy) is 2. The number of methoxy groups -OCH3 is 1. The zero-order valence-corrected chi connectivity index (χ0v) is 12.4. The van der Waals surface area contributed by atoms with Crippen LogP contribution in [0.2, 0.25) is 0 Å². The number of nitrogens with zero attached hydrogens (tertiary/aromatic N) is 1. The molecule has 0 aliphatic heterocycles. The third-order valence-electron chi connectivity index (χ3n) is 2.65. The normalized spacial score (nSPS) is 10.1. The Balaban J connectivity index is 2.46. The Morgan fingerprint density at radius 1 is 1.30 bits per heavy atom. The summed E-state index contributed by atoms with van der Waals surface area (Å²) in [6.45, 7) is 1.44. The molecule has 110 valence electrons. The van der Waals surface area contributed by atoms with Crippen molar-refractivity contribution in [2.24, 2.45) is 5.73 Å². The first-order valence-corrected chi connectivity index (χ1v) is 6.77. The molecule has 1 aromatic carbocycles. The number of para-hydroxylation sites is 1. The summed E-state index contributed by atoms with van der Waals surface area (Å²) in [5, 5.41) is 0. The second-order valence-electron chi connectivity index (χ2n) is 4.19. The van der Waals surface area contributed by atoms with E-state index in [0.717, 1.165) is 0 Å². The number of carbonyl (C=O) groups is 1. The molecule has 1 amide bonds. The second kappa shape index (κ2) is 9.28. The number of hydrogen-bond acceptors (Lipinski definition) is 4. The predicted molar refractivity (Wildman–Crippen MR) is 81.8 cm³/mol. The van der Waals surface area contributed by atoms with E-state index in [2.05, 4.69) is 0 Å². The van der Waals surface area contributed by atoms with E-state index >= 15 is 0 Å². The summed E-state index contributed by atoms with van der Waals surface area (Å²) in [4.78, 5) is 14.1. The smallest absolute Gasteiger partial charge is 0.260 e. The molecule has 0 fully saturated rings. The highest BCUT2D eigenvalue weighted by atomic mass is 32.1. The van der Waals surface area contributed by atoms with Gasteiger partial charge in [0, 0.05) is 26.6 Å². The van der Waals surface area contributed by atoms with Gasteiger partial charge in [-0.25, -0.2) is 0 Å². The zero-order chi connectivity index (χ0) is 14.8. The minimum Gasteiger partial charge on any atom is -0.484 e. The molecule has 6 heteroatoms. The lowest BCUT2D eigenvalue weighted by molar-refractivity contribution is -0.133. The van der Waals surface area contributed by atoms with Crippen LogP contribution in [0.4, 0.5) is 0 Å². The molecule has 0 saturated carbocycles. The third kappa shape index (κ3) is 6.49. The molecule has 1 rings (SSSR count). The Kier molecular flexibility index (Phi) is 7.60. The van der Waals surface area contributed by atoms with Crippen LogP contribution in [0, 0.1) is 0 Å². The van der Waals surface area contributed by atoms with Gasteiger partial charge in [-0.2, -0.15) is 0 Å². The van der Waals surface area contributed by atoms with Crippen molar-refractivity contribution in [3.8, 4) is 5.75 Å².